The van der Waals surface area contributed by atoms with Crippen molar-refractivity contribution in [2.24, 2.45) is 0 Å². The highest BCUT2D eigenvalue weighted by molar-refractivity contribution is 7.92. The average Bonchev–Trinajstić information content (AvgIpc) is 2.80. The van der Waals surface area contributed by atoms with E-state index in [4.69, 9.17) is 4.74 Å². The maximum absolute atomic E-state index is 13.6. The summed E-state index contributed by atoms with van der Waals surface area (Å²) in [5, 5.41) is 2.97. The molecule has 7 heteroatoms. The number of carbonyl (C=O) groups excluding carboxylic acids is 1. The zero-order chi connectivity index (χ0) is 25.0. The van der Waals surface area contributed by atoms with Crippen molar-refractivity contribution in [2.75, 3.05) is 18.0 Å². The minimum Gasteiger partial charge on any atom is -0.497 e. The lowest BCUT2D eigenvalue weighted by molar-refractivity contribution is -0.120. The number of ether oxygens (including phenoxy) is 1. The van der Waals surface area contributed by atoms with Gasteiger partial charge in [-0.25, -0.2) is 8.42 Å². The molecular weight excluding hydrogens is 448 g/mol. The number of nitrogens with zero attached hydrogens (tertiary/aromatic N) is 1. The van der Waals surface area contributed by atoms with Crippen LogP contribution in [-0.4, -0.2) is 28.0 Å². The summed E-state index contributed by atoms with van der Waals surface area (Å²) in [6, 6.07) is 17.2. The van der Waals surface area contributed by atoms with Crippen molar-refractivity contribution in [3.8, 4) is 5.75 Å². The molecule has 0 aliphatic heterocycles. The van der Waals surface area contributed by atoms with Gasteiger partial charge in [-0.1, -0.05) is 35.9 Å². The van der Waals surface area contributed by atoms with Crippen LogP contribution in [-0.2, 0) is 14.8 Å². The summed E-state index contributed by atoms with van der Waals surface area (Å²) < 4.78 is 33.6. The van der Waals surface area contributed by atoms with E-state index in [0.29, 0.717) is 11.4 Å². The summed E-state index contributed by atoms with van der Waals surface area (Å²) in [5.74, 6) is 0.102. The number of nitrogens with one attached hydrogen (secondary N) is 1. The van der Waals surface area contributed by atoms with Gasteiger partial charge in [-0.2, -0.15) is 0 Å². The van der Waals surface area contributed by atoms with E-state index in [1.807, 2.05) is 27.7 Å². The molecular formula is C27H32N2O4S. The number of methoxy groups -OCH3 is 1. The molecule has 0 saturated carbocycles. The topological polar surface area (TPSA) is 75.7 Å². The molecule has 3 aromatic carbocycles. The summed E-state index contributed by atoms with van der Waals surface area (Å²) in [6.07, 6.45) is 0. The summed E-state index contributed by atoms with van der Waals surface area (Å²) in [4.78, 5) is 13.2. The van der Waals surface area contributed by atoms with Crippen LogP contribution >= 0.6 is 0 Å². The summed E-state index contributed by atoms with van der Waals surface area (Å²) in [5.41, 5.74) is 5.71. The van der Waals surface area contributed by atoms with Crippen molar-refractivity contribution in [3.63, 3.8) is 0 Å². The molecule has 0 saturated heterocycles. The predicted octanol–water partition coefficient (Wildman–Crippen LogP) is 5.00. The molecule has 1 atom stereocenters. The SMILES string of the molecule is COc1cccc(N(CC(=O)N[C@H](C)c2cc(C)c(C)cc2C)S(=O)(=O)c2ccc(C)cc2)c1. The van der Waals surface area contributed by atoms with E-state index in [1.165, 1.54) is 12.7 Å². The van der Waals surface area contributed by atoms with Gasteiger partial charge in [0.05, 0.1) is 23.7 Å². The normalized spacial score (nSPS) is 12.2. The van der Waals surface area contributed by atoms with Crippen LogP contribution in [0.1, 0.15) is 40.8 Å². The number of benzene rings is 3. The fourth-order valence-corrected chi connectivity index (χ4v) is 5.28. The van der Waals surface area contributed by atoms with Gasteiger partial charge in [-0.15, -0.1) is 0 Å². The first-order valence-electron chi connectivity index (χ1n) is 11.1. The standard InChI is InChI=1S/C27H32N2O4S/c1-18-10-12-25(13-11-18)34(31,32)29(23-8-7-9-24(16-23)33-6)17-27(30)28-22(5)26-15-20(3)19(2)14-21(26)4/h7-16,22H,17H2,1-6H3,(H,28,30)/t22-/m1/s1. The molecule has 0 aliphatic carbocycles. The zero-order valence-electron chi connectivity index (χ0n) is 20.5. The van der Waals surface area contributed by atoms with Crippen molar-refractivity contribution < 1.29 is 17.9 Å². The maximum Gasteiger partial charge on any atom is 0.264 e. The fraction of sp³-hybridized carbons (Fsp3) is 0.296. The maximum atomic E-state index is 13.6. The molecule has 3 aromatic rings. The largest absolute Gasteiger partial charge is 0.497 e. The lowest BCUT2D eigenvalue weighted by atomic mass is 9.96. The van der Waals surface area contributed by atoms with E-state index in [0.717, 1.165) is 26.6 Å². The average molecular weight is 481 g/mol. The molecule has 3 rings (SSSR count). The molecule has 0 unspecified atom stereocenters. The number of hydrogen-bond acceptors (Lipinski definition) is 4. The van der Waals surface area contributed by atoms with Crippen molar-refractivity contribution in [1.82, 2.24) is 5.32 Å². The summed E-state index contributed by atoms with van der Waals surface area (Å²) >= 11 is 0. The molecule has 1 amide bonds. The van der Waals surface area contributed by atoms with Crippen LogP contribution in [0.4, 0.5) is 5.69 Å². The second-order valence-corrected chi connectivity index (χ2v) is 10.5. The van der Waals surface area contributed by atoms with E-state index in [9.17, 15) is 13.2 Å². The molecule has 0 aliphatic rings. The van der Waals surface area contributed by atoms with Crippen molar-refractivity contribution in [2.45, 2.75) is 45.6 Å². The number of anilines is 1. The summed E-state index contributed by atoms with van der Waals surface area (Å²) in [6.45, 7) is 9.52. The molecule has 180 valence electrons. The third-order valence-electron chi connectivity index (χ3n) is 5.96. The van der Waals surface area contributed by atoms with Crippen LogP contribution in [0.3, 0.4) is 0 Å². The quantitative estimate of drug-likeness (QED) is 0.492. The van der Waals surface area contributed by atoms with Gasteiger partial charge in [0.1, 0.15) is 12.3 Å². The Morgan fingerprint density at radius 3 is 2.24 bits per heavy atom. The Labute approximate surface area is 202 Å². The van der Waals surface area contributed by atoms with Crippen LogP contribution in [0.15, 0.2) is 65.6 Å². The Bertz CT molecular complexity index is 1280. The fourth-order valence-electron chi connectivity index (χ4n) is 3.86. The van der Waals surface area contributed by atoms with Gasteiger partial charge >= 0.3 is 0 Å². The Hall–Kier alpha value is -3.32. The molecule has 0 fully saturated rings. The second-order valence-electron chi connectivity index (χ2n) is 8.61. The molecule has 34 heavy (non-hydrogen) atoms. The first-order valence-corrected chi connectivity index (χ1v) is 12.6. The Kier molecular flexibility index (Phi) is 7.67. The van der Waals surface area contributed by atoms with Gasteiger partial charge in [-0.05, 0) is 81.1 Å². The number of carbonyl (C=O) groups is 1. The molecule has 0 spiro atoms. The third kappa shape index (κ3) is 5.59. The number of amides is 1. The highest BCUT2D eigenvalue weighted by Crippen LogP contribution is 2.27. The number of sulfonamides is 1. The van der Waals surface area contributed by atoms with Crippen molar-refractivity contribution in [3.05, 3.63) is 88.5 Å². The molecule has 0 radical (unpaired) electrons. The predicted molar refractivity (Wildman–Crippen MR) is 136 cm³/mol. The van der Waals surface area contributed by atoms with E-state index in [2.05, 4.69) is 24.4 Å². The highest BCUT2D eigenvalue weighted by atomic mass is 32.2. The lowest BCUT2D eigenvalue weighted by Crippen LogP contribution is -2.41. The molecule has 0 heterocycles. The minimum atomic E-state index is -3.99. The third-order valence-corrected chi connectivity index (χ3v) is 7.75. The zero-order valence-corrected chi connectivity index (χ0v) is 21.4. The second kappa shape index (κ2) is 10.3. The van der Waals surface area contributed by atoms with E-state index < -0.39 is 15.9 Å². The van der Waals surface area contributed by atoms with Crippen LogP contribution in [0.2, 0.25) is 0 Å². The Balaban J connectivity index is 1.93. The van der Waals surface area contributed by atoms with Crippen LogP contribution in [0.5, 0.6) is 5.75 Å². The first kappa shape index (κ1) is 25.3. The Morgan fingerprint density at radius 1 is 0.941 bits per heavy atom. The molecule has 1 N–H and O–H groups in total. The van der Waals surface area contributed by atoms with E-state index >= 15 is 0 Å². The monoisotopic (exact) mass is 480 g/mol. The van der Waals surface area contributed by atoms with E-state index in [-0.39, 0.29) is 17.5 Å². The van der Waals surface area contributed by atoms with E-state index in [1.54, 1.807) is 48.5 Å². The van der Waals surface area contributed by atoms with Gasteiger partial charge in [0.25, 0.3) is 10.0 Å². The summed E-state index contributed by atoms with van der Waals surface area (Å²) in [7, 11) is -2.48. The minimum absolute atomic E-state index is 0.117. The van der Waals surface area contributed by atoms with Gasteiger partial charge in [0.2, 0.25) is 5.91 Å². The van der Waals surface area contributed by atoms with Gasteiger partial charge in [0, 0.05) is 6.07 Å². The first-order chi connectivity index (χ1) is 16.0. The molecule has 0 aromatic heterocycles. The Morgan fingerprint density at radius 2 is 1.59 bits per heavy atom. The van der Waals surface area contributed by atoms with Crippen LogP contribution in [0, 0.1) is 27.7 Å². The smallest absolute Gasteiger partial charge is 0.264 e. The van der Waals surface area contributed by atoms with Crippen molar-refractivity contribution in [1.29, 1.82) is 0 Å². The van der Waals surface area contributed by atoms with Crippen LogP contribution < -0.4 is 14.4 Å². The molecule has 0 bridgehead atoms. The van der Waals surface area contributed by atoms with Gasteiger partial charge < -0.3 is 10.1 Å². The van der Waals surface area contributed by atoms with Gasteiger partial charge in [0.15, 0.2) is 0 Å². The number of rotatable bonds is 8. The lowest BCUT2D eigenvalue weighted by Gasteiger charge is -2.26. The number of hydrogen-bond donors (Lipinski definition) is 1. The highest BCUT2D eigenvalue weighted by Gasteiger charge is 2.28. The van der Waals surface area contributed by atoms with Crippen LogP contribution in [0.25, 0.3) is 0 Å². The van der Waals surface area contributed by atoms with Crippen molar-refractivity contribution >= 4 is 21.6 Å². The molecule has 6 nitrogen and oxygen atoms in total. The number of aryl methyl sites for hydroxylation is 4. The van der Waals surface area contributed by atoms with Gasteiger partial charge in [-0.3, -0.25) is 9.10 Å².